The van der Waals surface area contributed by atoms with Gasteiger partial charge in [0.2, 0.25) is 5.91 Å². The second kappa shape index (κ2) is 4.27. The molecule has 1 atom stereocenters. The number of nitrogens with one attached hydrogen (secondary N) is 1. The van der Waals surface area contributed by atoms with Crippen LogP contribution in [-0.2, 0) is 11.2 Å². The molecular weight excluding hydrogens is 222 g/mol. The Morgan fingerprint density at radius 1 is 1.39 bits per heavy atom. The fourth-order valence-corrected chi connectivity index (χ4v) is 3.32. The summed E-state index contributed by atoms with van der Waals surface area (Å²) in [4.78, 5) is 11.6. The molecular formula is C16H19NO. The summed E-state index contributed by atoms with van der Waals surface area (Å²) in [6.07, 6.45) is 7.19. The van der Waals surface area contributed by atoms with E-state index >= 15 is 0 Å². The van der Waals surface area contributed by atoms with Gasteiger partial charge in [0, 0.05) is 11.5 Å². The number of benzene rings is 1. The maximum atomic E-state index is 11.6. The van der Waals surface area contributed by atoms with Gasteiger partial charge in [0.15, 0.2) is 0 Å². The molecule has 1 unspecified atom stereocenters. The normalized spacial score (nSPS) is 23.9. The van der Waals surface area contributed by atoms with E-state index in [2.05, 4.69) is 36.2 Å². The Morgan fingerprint density at radius 3 is 2.89 bits per heavy atom. The molecule has 0 heterocycles. The smallest absolute Gasteiger partial charge is 0.243 e. The minimum atomic E-state index is -0.0319. The Kier molecular flexibility index (Phi) is 2.73. The third kappa shape index (κ3) is 1.86. The summed E-state index contributed by atoms with van der Waals surface area (Å²) in [5, 5.41) is 3.17. The van der Waals surface area contributed by atoms with Gasteiger partial charge in [0.25, 0.3) is 0 Å². The van der Waals surface area contributed by atoms with Crippen LogP contribution >= 0.6 is 0 Å². The number of carbonyl (C=O) groups is 1. The van der Waals surface area contributed by atoms with Crippen molar-refractivity contribution in [2.24, 2.45) is 0 Å². The van der Waals surface area contributed by atoms with Crippen LogP contribution in [0.3, 0.4) is 0 Å². The summed E-state index contributed by atoms with van der Waals surface area (Å²) < 4.78 is 0. The molecule has 1 aromatic rings. The van der Waals surface area contributed by atoms with Crippen molar-refractivity contribution in [2.75, 3.05) is 0 Å². The van der Waals surface area contributed by atoms with Crippen LogP contribution in [0.25, 0.3) is 0 Å². The summed E-state index contributed by atoms with van der Waals surface area (Å²) >= 11 is 0. The van der Waals surface area contributed by atoms with E-state index in [0.717, 1.165) is 12.8 Å². The predicted octanol–water partition coefficient (Wildman–Crippen LogP) is 2.94. The van der Waals surface area contributed by atoms with E-state index in [1.54, 1.807) is 0 Å². The maximum Gasteiger partial charge on any atom is 0.243 e. The van der Waals surface area contributed by atoms with E-state index in [0.29, 0.717) is 5.92 Å². The highest BCUT2D eigenvalue weighted by Gasteiger charge is 2.51. The Hall–Kier alpha value is -1.57. The van der Waals surface area contributed by atoms with Crippen molar-refractivity contribution >= 4 is 5.91 Å². The average Bonchev–Trinajstić information content (AvgIpc) is 3.18. The molecule has 2 nitrogen and oxygen atoms in total. The third-order valence-corrected chi connectivity index (χ3v) is 4.38. The molecule has 1 amide bonds. The number of hydrogen-bond donors (Lipinski definition) is 1. The van der Waals surface area contributed by atoms with Crippen LogP contribution in [0.1, 0.15) is 42.7 Å². The second-order valence-electron chi connectivity index (χ2n) is 5.49. The highest BCUT2D eigenvalue weighted by atomic mass is 16.1. The molecule has 2 aliphatic rings. The van der Waals surface area contributed by atoms with E-state index in [4.69, 9.17) is 0 Å². The molecule has 1 saturated carbocycles. The van der Waals surface area contributed by atoms with E-state index in [-0.39, 0.29) is 11.4 Å². The Bertz CT molecular complexity index is 488. The molecule has 0 aliphatic heterocycles. The molecule has 2 heteroatoms. The molecule has 18 heavy (non-hydrogen) atoms. The van der Waals surface area contributed by atoms with Gasteiger partial charge in [-0.2, -0.15) is 0 Å². The van der Waals surface area contributed by atoms with Crippen LogP contribution in [0.4, 0.5) is 0 Å². The van der Waals surface area contributed by atoms with Crippen molar-refractivity contribution < 1.29 is 4.79 Å². The molecule has 0 bridgehead atoms. The minimum absolute atomic E-state index is 0.0157. The fourth-order valence-electron chi connectivity index (χ4n) is 3.32. The van der Waals surface area contributed by atoms with Gasteiger partial charge in [-0.25, -0.2) is 0 Å². The van der Waals surface area contributed by atoms with Crippen molar-refractivity contribution in [2.45, 2.75) is 43.6 Å². The number of aryl methyl sites for hydroxylation is 1. The molecule has 0 aromatic heterocycles. The number of rotatable bonds is 3. The molecule has 1 N–H and O–H groups in total. The number of hydrogen-bond acceptors (Lipinski definition) is 1. The number of carbonyl (C=O) groups excluding carboxylic acids is 1. The number of amides is 1. The van der Waals surface area contributed by atoms with Crippen LogP contribution in [-0.4, -0.2) is 11.4 Å². The Labute approximate surface area is 108 Å². The maximum absolute atomic E-state index is 11.6. The van der Waals surface area contributed by atoms with E-state index < -0.39 is 0 Å². The third-order valence-electron chi connectivity index (χ3n) is 4.38. The zero-order chi connectivity index (χ0) is 12.6. The monoisotopic (exact) mass is 241 g/mol. The molecule has 0 spiro atoms. The first-order chi connectivity index (χ1) is 8.75. The van der Waals surface area contributed by atoms with Gasteiger partial charge in [-0.05, 0) is 49.3 Å². The van der Waals surface area contributed by atoms with Crippen molar-refractivity contribution in [1.29, 1.82) is 0 Å². The molecule has 1 aromatic carbocycles. The molecule has 94 valence electrons. The standard InChI is InChI=1S/C16H19NO/c1-2-15(18)17-16(10-11-16)14-9-5-7-12-6-3-4-8-13(12)14/h2-4,6,8,14H,1,5,7,9-11H2,(H,17,18). The van der Waals surface area contributed by atoms with E-state index in [1.807, 2.05) is 0 Å². The lowest BCUT2D eigenvalue weighted by Gasteiger charge is -2.33. The SMILES string of the molecule is C=CC(=O)NC1(C2CCCc3ccccc32)CC1. The summed E-state index contributed by atoms with van der Waals surface area (Å²) in [7, 11) is 0. The summed E-state index contributed by atoms with van der Waals surface area (Å²) in [5.74, 6) is 0.460. The predicted molar refractivity (Wildman–Crippen MR) is 72.4 cm³/mol. The zero-order valence-corrected chi connectivity index (χ0v) is 10.6. The van der Waals surface area contributed by atoms with Gasteiger partial charge >= 0.3 is 0 Å². The first-order valence-electron chi connectivity index (χ1n) is 6.77. The molecule has 0 radical (unpaired) electrons. The Morgan fingerprint density at radius 2 is 2.17 bits per heavy atom. The van der Waals surface area contributed by atoms with Gasteiger partial charge in [-0.1, -0.05) is 30.8 Å². The van der Waals surface area contributed by atoms with E-state index in [9.17, 15) is 4.79 Å². The lowest BCUT2D eigenvalue weighted by molar-refractivity contribution is -0.117. The fraction of sp³-hybridized carbons (Fsp3) is 0.438. The van der Waals surface area contributed by atoms with Crippen LogP contribution in [0, 0.1) is 0 Å². The lowest BCUT2D eigenvalue weighted by atomic mass is 9.77. The van der Waals surface area contributed by atoms with Crippen molar-refractivity contribution in [3.8, 4) is 0 Å². The second-order valence-corrected chi connectivity index (χ2v) is 5.49. The molecule has 2 aliphatic carbocycles. The molecule has 3 rings (SSSR count). The van der Waals surface area contributed by atoms with Crippen LogP contribution in [0.2, 0.25) is 0 Å². The van der Waals surface area contributed by atoms with Gasteiger partial charge in [-0.15, -0.1) is 0 Å². The average molecular weight is 241 g/mol. The quantitative estimate of drug-likeness (QED) is 0.810. The molecule has 0 saturated heterocycles. The largest absolute Gasteiger partial charge is 0.347 e. The minimum Gasteiger partial charge on any atom is -0.347 e. The van der Waals surface area contributed by atoms with Gasteiger partial charge in [-0.3, -0.25) is 4.79 Å². The molecule has 1 fully saturated rings. The zero-order valence-electron chi connectivity index (χ0n) is 10.6. The number of fused-ring (bicyclic) bond motifs is 1. The van der Waals surface area contributed by atoms with Crippen LogP contribution in [0.5, 0.6) is 0 Å². The van der Waals surface area contributed by atoms with Gasteiger partial charge in [0.1, 0.15) is 0 Å². The van der Waals surface area contributed by atoms with Gasteiger partial charge in [0.05, 0.1) is 0 Å². The van der Waals surface area contributed by atoms with Crippen molar-refractivity contribution in [3.05, 3.63) is 48.0 Å². The first-order valence-corrected chi connectivity index (χ1v) is 6.77. The highest BCUT2D eigenvalue weighted by molar-refractivity contribution is 5.88. The summed E-state index contributed by atoms with van der Waals surface area (Å²) in [5.41, 5.74) is 2.93. The highest BCUT2D eigenvalue weighted by Crippen LogP contribution is 2.51. The van der Waals surface area contributed by atoms with E-state index in [1.165, 1.54) is 36.5 Å². The summed E-state index contributed by atoms with van der Waals surface area (Å²) in [6, 6.07) is 8.69. The van der Waals surface area contributed by atoms with Crippen molar-refractivity contribution in [3.63, 3.8) is 0 Å². The van der Waals surface area contributed by atoms with Crippen molar-refractivity contribution in [1.82, 2.24) is 5.32 Å². The summed E-state index contributed by atoms with van der Waals surface area (Å²) in [6.45, 7) is 3.55. The van der Waals surface area contributed by atoms with Gasteiger partial charge < -0.3 is 5.32 Å². The van der Waals surface area contributed by atoms with Crippen LogP contribution in [0.15, 0.2) is 36.9 Å². The first kappa shape index (κ1) is 11.5. The lowest BCUT2D eigenvalue weighted by Crippen LogP contribution is -2.41. The topological polar surface area (TPSA) is 29.1 Å². The van der Waals surface area contributed by atoms with Crippen LogP contribution < -0.4 is 5.32 Å². The Balaban J connectivity index is 1.90.